The molecule has 1 fully saturated rings. The molecule has 1 aliphatic rings. The molecule has 1 aromatic heterocycles. The summed E-state index contributed by atoms with van der Waals surface area (Å²) in [6.45, 7) is 4.45. The average Bonchev–Trinajstić information content (AvgIpc) is 3.09. The molecule has 0 atom stereocenters. The maximum Gasteiger partial charge on any atom is 0.276 e. The first kappa shape index (κ1) is 20.3. The van der Waals surface area contributed by atoms with Gasteiger partial charge in [0.05, 0.1) is 11.7 Å². The van der Waals surface area contributed by atoms with E-state index in [2.05, 4.69) is 39.9 Å². The van der Waals surface area contributed by atoms with E-state index in [1.807, 2.05) is 36.9 Å². The molecule has 148 valence electrons. The van der Waals surface area contributed by atoms with Crippen molar-refractivity contribution < 1.29 is 4.79 Å². The Morgan fingerprint density at radius 1 is 1.18 bits per heavy atom. The van der Waals surface area contributed by atoms with Crippen LogP contribution in [0.25, 0.3) is 10.8 Å². The molecule has 0 aliphatic carbocycles. The predicted octanol–water partition coefficient (Wildman–Crippen LogP) is 3.36. The van der Waals surface area contributed by atoms with E-state index in [4.69, 9.17) is 0 Å². The van der Waals surface area contributed by atoms with Crippen molar-refractivity contribution in [2.75, 3.05) is 20.1 Å². The number of hydrogen-bond acceptors (Lipinski definition) is 4. The van der Waals surface area contributed by atoms with Crippen LogP contribution in [-0.4, -0.2) is 45.9 Å². The number of nitrogens with one attached hydrogen (secondary N) is 1. The highest BCUT2D eigenvalue weighted by Crippen LogP contribution is 2.22. The monoisotopic (exact) mass is 399 g/mol. The molecule has 1 saturated heterocycles. The molecule has 0 saturated carbocycles. The molecule has 7 heteroatoms. The second-order valence-corrected chi connectivity index (χ2v) is 7.25. The lowest BCUT2D eigenvalue weighted by molar-refractivity contribution is 0.0779. The summed E-state index contributed by atoms with van der Waals surface area (Å²) < 4.78 is 1.93. The molecule has 2 heterocycles. The topological polar surface area (TPSA) is 63.1 Å². The maximum absolute atomic E-state index is 13.0. The number of halogens is 1. The second-order valence-electron chi connectivity index (χ2n) is 7.25. The summed E-state index contributed by atoms with van der Waals surface area (Å²) in [5.74, 6) is -0.0828. The standard InChI is InChI=1S/C21H25N5O.ClH/c1-15-20(23-24-26(15)18-10-12-22-13-11-18)21(27)25(2)14-17-8-5-7-16-6-3-4-9-19(16)17;/h3-9,18,22H,10-14H2,1-2H3;1H. The molecule has 0 bridgehead atoms. The third-order valence-corrected chi connectivity index (χ3v) is 5.42. The van der Waals surface area contributed by atoms with Crippen molar-refractivity contribution in [2.24, 2.45) is 0 Å². The third kappa shape index (κ3) is 3.88. The zero-order valence-corrected chi connectivity index (χ0v) is 17.1. The van der Waals surface area contributed by atoms with E-state index >= 15 is 0 Å². The lowest BCUT2D eigenvalue weighted by atomic mass is 10.0. The molecule has 6 nitrogen and oxygen atoms in total. The van der Waals surface area contributed by atoms with Gasteiger partial charge in [0.2, 0.25) is 0 Å². The number of nitrogens with zero attached hydrogens (tertiary/aromatic N) is 4. The third-order valence-electron chi connectivity index (χ3n) is 5.42. The van der Waals surface area contributed by atoms with Gasteiger partial charge in [-0.15, -0.1) is 17.5 Å². The summed E-state index contributed by atoms with van der Waals surface area (Å²) in [6, 6.07) is 14.8. The number of hydrogen-bond donors (Lipinski definition) is 1. The van der Waals surface area contributed by atoms with Crippen molar-refractivity contribution in [3.63, 3.8) is 0 Å². The van der Waals surface area contributed by atoms with Gasteiger partial charge in [0, 0.05) is 13.6 Å². The van der Waals surface area contributed by atoms with E-state index in [1.54, 1.807) is 4.90 Å². The van der Waals surface area contributed by atoms with E-state index in [-0.39, 0.29) is 18.3 Å². The van der Waals surface area contributed by atoms with Gasteiger partial charge < -0.3 is 10.2 Å². The predicted molar refractivity (Wildman–Crippen MR) is 113 cm³/mol. The number of amides is 1. The number of aromatic nitrogens is 3. The molecular weight excluding hydrogens is 374 g/mol. The molecule has 3 aromatic rings. The van der Waals surface area contributed by atoms with Crippen LogP contribution >= 0.6 is 12.4 Å². The molecule has 28 heavy (non-hydrogen) atoms. The Bertz CT molecular complexity index is 959. The summed E-state index contributed by atoms with van der Waals surface area (Å²) in [5, 5.41) is 14.2. The van der Waals surface area contributed by atoms with Crippen LogP contribution in [-0.2, 0) is 6.54 Å². The molecule has 0 unspecified atom stereocenters. The van der Waals surface area contributed by atoms with Crippen LogP contribution in [0.3, 0.4) is 0 Å². The SMILES string of the molecule is Cc1c(C(=O)N(C)Cc2cccc3ccccc23)nnn1C1CCNCC1.Cl. The highest BCUT2D eigenvalue weighted by Gasteiger charge is 2.24. The minimum atomic E-state index is -0.0828. The first-order valence-corrected chi connectivity index (χ1v) is 9.50. The van der Waals surface area contributed by atoms with Gasteiger partial charge in [-0.05, 0) is 49.2 Å². The van der Waals surface area contributed by atoms with Crippen LogP contribution in [0.1, 0.15) is 40.6 Å². The van der Waals surface area contributed by atoms with Crippen molar-refractivity contribution in [1.82, 2.24) is 25.2 Å². The first-order valence-electron chi connectivity index (χ1n) is 9.50. The van der Waals surface area contributed by atoms with Crippen molar-refractivity contribution >= 4 is 29.1 Å². The minimum absolute atomic E-state index is 0. The van der Waals surface area contributed by atoms with Gasteiger partial charge in [0.15, 0.2) is 5.69 Å². The van der Waals surface area contributed by atoms with Gasteiger partial charge in [-0.25, -0.2) is 4.68 Å². The Labute approximate surface area is 171 Å². The van der Waals surface area contributed by atoms with Gasteiger partial charge in [-0.3, -0.25) is 4.79 Å². The van der Waals surface area contributed by atoms with Crippen molar-refractivity contribution in [1.29, 1.82) is 0 Å². The number of carbonyl (C=O) groups excluding carboxylic acids is 1. The van der Waals surface area contributed by atoms with E-state index in [0.29, 0.717) is 18.3 Å². The van der Waals surface area contributed by atoms with Gasteiger partial charge in [-0.2, -0.15) is 0 Å². The molecule has 1 amide bonds. The van der Waals surface area contributed by atoms with Crippen LogP contribution in [0.4, 0.5) is 0 Å². The molecule has 1 N–H and O–H groups in total. The van der Waals surface area contributed by atoms with Crippen molar-refractivity contribution in [2.45, 2.75) is 32.4 Å². The molecule has 2 aromatic carbocycles. The zero-order chi connectivity index (χ0) is 18.8. The van der Waals surface area contributed by atoms with Gasteiger partial charge >= 0.3 is 0 Å². The smallest absolute Gasteiger partial charge is 0.276 e. The number of benzene rings is 2. The summed E-state index contributed by atoms with van der Waals surface area (Å²) in [7, 11) is 1.83. The molecule has 4 rings (SSSR count). The van der Waals surface area contributed by atoms with Crippen LogP contribution in [0.2, 0.25) is 0 Å². The minimum Gasteiger partial charge on any atom is -0.336 e. The second kappa shape index (κ2) is 8.71. The lowest BCUT2D eigenvalue weighted by Gasteiger charge is -2.23. The fourth-order valence-electron chi connectivity index (χ4n) is 3.87. The van der Waals surface area contributed by atoms with Crippen LogP contribution in [0, 0.1) is 6.92 Å². The number of rotatable bonds is 4. The molecule has 0 radical (unpaired) electrons. The fraction of sp³-hybridized carbons (Fsp3) is 0.381. The van der Waals surface area contributed by atoms with Gasteiger partial charge in [0.1, 0.15) is 0 Å². The van der Waals surface area contributed by atoms with Crippen LogP contribution < -0.4 is 5.32 Å². The van der Waals surface area contributed by atoms with Gasteiger partial charge in [0.25, 0.3) is 5.91 Å². The van der Waals surface area contributed by atoms with Gasteiger partial charge in [-0.1, -0.05) is 47.7 Å². The lowest BCUT2D eigenvalue weighted by Crippen LogP contribution is -2.30. The van der Waals surface area contributed by atoms with E-state index in [0.717, 1.165) is 37.2 Å². The largest absolute Gasteiger partial charge is 0.336 e. The zero-order valence-electron chi connectivity index (χ0n) is 16.3. The molecule has 1 aliphatic heterocycles. The fourth-order valence-corrected chi connectivity index (χ4v) is 3.87. The Hall–Kier alpha value is -2.44. The summed E-state index contributed by atoms with van der Waals surface area (Å²) >= 11 is 0. The number of piperidine rings is 1. The molecular formula is C21H26ClN5O. The van der Waals surface area contributed by atoms with Crippen LogP contribution in [0.15, 0.2) is 42.5 Å². The van der Waals surface area contributed by atoms with E-state index in [9.17, 15) is 4.79 Å². The normalized spacial score (nSPS) is 14.6. The summed E-state index contributed by atoms with van der Waals surface area (Å²) in [4.78, 5) is 14.7. The Kier molecular flexibility index (Phi) is 6.31. The summed E-state index contributed by atoms with van der Waals surface area (Å²) in [6.07, 6.45) is 2.04. The highest BCUT2D eigenvalue weighted by molar-refractivity contribution is 5.93. The summed E-state index contributed by atoms with van der Waals surface area (Å²) in [5.41, 5.74) is 2.44. The Morgan fingerprint density at radius 3 is 2.68 bits per heavy atom. The highest BCUT2D eigenvalue weighted by atomic mass is 35.5. The maximum atomic E-state index is 13.0. The number of fused-ring (bicyclic) bond motifs is 1. The quantitative estimate of drug-likeness (QED) is 0.730. The van der Waals surface area contributed by atoms with Crippen molar-refractivity contribution in [3.05, 3.63) is 59.4 Å². The van der Waals surface area contributed by atoms with Crippen molar-refractivity contribution in [3.8, 4) is 0 Å². The average molecular weight is 400 g/mol. The van der Waals surface area contributed by atoms with E-state index < -0.39 is 0 Å². The van der Waals surface area contributed by atoms with Crippen LogP contribution in [0.5, 0.6) is 0 Å². The Morgan fingerprint density at radius 2 is 1.89 bits per heavy atom. The molecule has 0 spiro atoms. The number of carbonyl (C=O) groups is 1. The Balaban J connectivity index is 0.00000225. The van der Waals surface area contributed by atoms with E-state index in [1.165, 1.54) is 10.8 Å². The first-order chi connectivity index (χ1) is 13.1.